The smallest absolute Gasteiger partial charge is 0.147 e. The molecule has 0 N–H and O–H groups in total. The van der Waals surface area contributed by atoms with Crippen molar-refractivity contribution in [3.63, 3.8) is 0 Å². The number of alkyl halides is 2. The van der Waals surface area contributed by atoms with Gasteiger partial charge in [-0.25, -0.2) is 0 Å². The van der Waals surface area contributed by atoms with E-state index in [0.29, 0.717) is 31.5 Å². The Morgan fingerprint density at radius 2 is 1.69 bits per heavy atom. The summed E-state index contributed by atoms with van der Waals surface area (Å²) in [6, 6.07) is 9.78. The molecule has 0 saturated heterocycles. The van der Waals surface area contributed by atoms with E-state index in [9.17, 15) is 0 Å². The standard InChI is InChI=1S/C20H22Br2Cl2N2O2.ClH/c1-3-28-20-16(21)11-15(12-17(20)22)25-13-14-4-5-18(19(10-14)27-2)26(8-6-23)9-7-24;/h4-5,10-13H,3,6-9H2,1-2H3;1H. The highest BCUT2D eigenvalue weighted by Gasteiger charge is 2.12. The third kappa shape index (κ3) is 7.51. The highest BCUT2D eigenvalue weighted by atomic mass is 79.9. The van der Waals surface area contributed by atoms with Crippen LogP contribution >= 0.6 is 67.5 Å². The molecule has 0 aliphatic carbocycles. The number of anilines is 1. The monoisotopic (exact) mass is 586 g/mol. The van der Waals surface area contributed by atoms with Gasteiger partial charge in [0, 0.05) is 31.1 Å². The Morgan fingerprint density at radius 3 is 2.21 bits per heavy atom. The lowest BCUT2D eigenvalue weighted by atomic mass is 10.2. The van der Waals surface area contributed by atoms with Crippen LogP contribution in [0.2, 0.25) is 0 Å². The predicted molar refractivity (Wildman–Crippen MR) is 134 cm³/mol. The van der Waals surface area contributed by atoms with Gasteiger partial charge < -0.3 is 14.4 Å². The molecular formula is C20H23Br2Cl3N2O2. The van der Waals surface area contributed by atoms with Crippen LogP contribution in [0.1, 0.15) is 12.5 Å². The molecule has 2 rings (SSSR count). The van der Waals surface area contributed by atoms with Gasteiger partial charge in [-0.2, -0.15) is 0 Å². The lowest BCUT2D eigenvalue weighted by molar-refractivity contribution is 0.336. The van der Waals surface area contributed by atoms with Crippen LogP contribution in [0.3, 0.4) is 0 Å². The summed E-state index contributed by atoms with van der Waals surface area (Å²) in [5.41, 5.74) is 2.70. The summed E-state index contributed by atoms with van der Waals surface area (Å²) in [4.78, 5) is 6.68. The van der Waals surface area contributed by atoms with Gasteiger partial charge in [-0.1, -0.05) is 6.07 Å². The third-order valence-electron chi connectivity index (χ3n) is 3.89. The Kier molecular flexibility index (Phi) is 12.4. The lowest BCUT2D eigenvalue weighted by Gasteiger charge is -2.25. The Labute approximate surface area is 205 Å². The van der Waals surface area contributed by atoms with Gasteiger partial charge in [0.1, 0.15) is 11.5 Å². The number of nitrogens with zero attached hydrogens (tertiary/aromatic N) is 2. The van der Waals surface area contributed by atoms with E-state index in [1.54, 1.807) is 13.3 Å². The van der Waals surface area contributed by atoms with E-state index >= 15 is 0 Å². The number of methoxy groups -OCH3 is 1. The van der Waals surface area contributed by atoms with Crippen LogP contribution in [0.15, 0.2) is 44.3 Å². The second-order valence-corrected chi connectivity index (χ2v) is 8.19. The van der Waals surface area contributed by atoms with E-state index in [1.165, 1.54) is 0 Å². The number of hydrogen-bond donors (Lipinski definition) is 0. The minimum atomic E-state index is 0. The zero-order valence-electron chi connectivity index (χ0n) is 16.1. The Bertz CT molecular complexity index is 793. The molecule has 29 heavy (non-hydrogen) atoms. The normalized spacial score (nSPS) is 10.7. The third-order valence-corrected chi connectivity index (χ3v) is 5.40. The van der Waals surface area contributed by atoms with Gasteiger partial charge in [0.25, 0.3) is 0 Å². The van der Waals surface area contributed by atoms with Crippen molar-refractivity contribution in [2.24, 2.45) is 4.99 Å². The van der Waals surface area contributed by atoms with Crippen LogP contribution in [0, 0.1) is 0 Å². The van der Waals surface area contributed by atoms with Crippen LogP contribution in [0.4, 0.5) is 11.4 Å². The molecule has 0 aromatic heterocycles. The zero-order chi connectivity index (χ0) is 20.5. The largest absolute Gasteiger partial charge is 0.495 e. The molecule has 0 saturated carbocycles. The van der Waals surface area contributed by atoms with Crippen LogP contribution in [-0.2, 0) is 0 Å². The van der Waals surface area contributed by atoms with Gasteiger partial charge in [0.2, 0.25) is 0 Å². The zero-order valence-corrected chi connectivity index (χ0v) is 21.6. The minimum Gasteiger partial charge on any atom is -0.495 e. The summed E-state index contributed by atoms with van der Waals surface area (Å²) in [7, 11) is 1.65. The number of rotatable bonds is 10. The molecule has 0 aliphatic rings. The molecule has 0 spiro atoms. The van der Waals surface area contributed by atoms with Crippen LogP contribution < -0.4 is 14.4 Å². The summed E-state index contributed by atoms with van der Waals surface area (Å²) in [5.74, 6) is 2.56. The fourth-order valence-electron chi connectivity index (χ4n) is 2.64. The fraction of sp³-hybridized carbons (Fsp3) is 0.350. The maximum atomic E-state index is 5.92. The van der Waals surface area contributed by atoms with E-state index in [0.717, 1.165) is 37.4 Å². The highest BCUT2D eigenvalue weighted by Crippen LogP contribution is 2.37. The van der Waals surface area contributed by atoms with Crippen molar-refractivity contribution in [2.75, 3.05) is 43.5 Å². The van der Waals surface area contributed by atoms with Gasteiger partial charge in [0.05, 0.1) is 34.0 Å². The SMILES string of the molecule is CCOc1c(Br)cc(N=Cc2ccc(N(CCCl)CCCl)c(OC)c2)cc1Br.Cl. The molecule has 0 amide bonds. The maximum Gasteiger partial charge on any atom is 0.147 e. The van der Waals surface area contributed by atoms with Crippen molar-refractivity contribution in [3.05, 3.63) is 44.8 Å². The van der Waals surface area contributed by atoms with Gasteiger partial charge >= 0.3 is 0 Å². The van der Waals surface area contributed by atoms with Gasteiger partial charge in [0.15, 0.2) is 0 Å². The molecule has 0 heterocycles. The lowest BCUT2D eigenvalue weighted by Crippen LogP contribution is -2.28. The minimum absolute atomic E-state index is 0. The average molecular weight is 590 g/mol. The number of halogens is 5. The average Bonchev–Trinajstić information content (AvgIpc) is 2.69. The first-order valence-electron chi connectivity index (χ1n) is 8.74. The van der Waals surface area contributed by atoms with Crippen molar-refractivity contribution in [2.45, 2.75) is 6.92 Å². The first-order chi connectivity index (χ1) is 13.5. The van der Waals surface area contributed by atoms with Gasteiger partial charge in [-0.15, -0.1) is 35.6 Å². The first-order valence-corrected chi connectivity index (χ1v) is 11.4. The summed E-state index contributed by atoms with van der Waals surface area (Å²) in [6.07, 6.45) is 1.80. The van der Waals surface area contributed by atoms with Crippen molar-refractivity contribution in [3.8, 4) is 11.5 Å². The van der Waals surface area contributed by atoms with E-state index in [2.05, 4.69) is 41.8 Å². The molecule has 4 nitrogen and oxygen atoms in total. The molecule has 0 radical (unpaired) electrons. The summed E-state index contributed by atoms with van der Waals surface area (Å²) < 4.78 is 12.9. The number of benzene rings is 2. The number of aliphatic imine (C=N–C) groups is 1. The highest BCUT2D eigenvalue weighted by molar-refractivity contribution is 9.11. The molecule has 9 heteroatoms. The maximum absolute atomic E-state index is 5.92. The van der Waals surface area contributed by atoms with Crippen molar-refractivity contribution < 1.29 is 9.47 Å². The summed E-state index contributed by atoms with van der Waals surface area (Å²) >= 11 is 18.9. The Balaban J connectivity index is 0.00000420. The Morgan fingerprint density at radius 1 is 1.07 bits per heavy atom. The first kappa shape index (κ1) is 26.4. The van der Waals surface area contributed by atoms with Crippen LogP contribution in [0.25, 0.3) is 0 Å². The summed E-state index contributed by atoms with van der Waals surface area (Å²) in [6.45, 7) is 3.94. The topological polar surface area (TPSA) is 34.1 Å². The van der Waals surface area contributed by atoms with Crippen molar-refractivity contribution in [1.29, 1.82) is 0 Å². The van der Waals surface area contributed by atoms with Gasteiger partial charge in [-0.3, -0.25) is 4.99 Å². The van der Waals surface area contributed by atoms with Gasteiger partial charge in [-0.05, 0) is 68.6 Å². The second-order valence-electron chi connectivity index (χ2n) is 5.73. The Hall–Kier alpha value is -0.660. The predicted octanol–water partition coefficient (Wildman–Crippen LogP) is 7.08. The summed E-state index contributed by atoms with van der Waals surface area (Å²) in [5, 5.41) is 0. The molecule has 0 bridgehead atoms. The van der Waals surface area contributed by atoms with E-state index in [4.69, 9.17) is 32.7 Å². The van der Waals surface area contributed by atoms with Crippen molar-refractivity contribution >= 4 is 85.1 Å². The molecule has 0 fully saturated rings. The van der Waals surface area contributed by atoms with E-state index < -0.39 is 0 Å². The second kappa shape index (κ2) is 13.6. The molecule has 2 aromatic carbocycles. The molecule has 0 aliphatic heterocycles. The number of hydrogen-bond acceptors (Lipinski definition) is 4. The number of ether oxygens (including phenoxy) is 2. The van der Waals surface area contributed by atoms with E-state index in [1.807, 2.05) is 37.3 Å². The van der Waals surface area contributed by atoms with Crippen LogP contribution in [-0.4, -0.2) is 44.8 Å². The quantitative estimate of drug-likeness (QED) is 0.220. The molecule has 2 aromatic rings. The fourth-order valence-corrected chi connectivity index (χ4v) is 4.44. The van der Waals surface area contributed by atoms with Crippen molar-refractivity contribution in [1.82, 2.24) is 0 Å². The molecule has 0 unspecified atom stereocenters. The van der Waals surface area contributed by atoms with E-state index in [-0.39, 0.29) is 12.4 Å². The molecule has 160 valence electrons. The molecule has 0 atom stereocenters. The molecular weight excluding hydrogens is 566 g/mol. The van der Waals surface area contributed by atoms with Crippen LogP contribution in [0.5, 0.6) is 11.5 Å².